The Morgan fingerprint density at radius 2 is 1.79 bits per heavy atom. The lowest BCUT2D eigenvalue weighted by Crippen LogP contribution is -2.07. The molecule has 1 heterocycles. The van der Waals surface area contributed by atoms with Crippen molar-refractivity contribution in [2.45, 2.75) is 33.1 Å². The summed E-state index contributed by atoms with van der Waals surface area (Å²) in [5.41, 5.74) is 2.94. The van der Waals surface area contributed by atoms with Gasteiger partial charge in [-0.25, -0.2) is 14.8 Å². The summed E-state index contributed by atoms with van der Waals surface area (Å²) in [6, 6.07) is 18.1. The summed E-state index contributed by atoms with van der Waals surface area (Å²) in [7, 11) is 2.79. The average molecular weight is 518 g/mol. The Kier molecular flexibility index (Phi) is 12.5. The Bertz CT molecular complexity index is 1280. The molecule has 0 N–H and O–H groups in total. The number of methoxy groups -OCH3 is 2. The third-order valence-electron chi connectivity index (χ3n) is 5.04. The molecule has 0 radical (unpaired) electrons. The zero-order valence-electron chi connectivity index (χ0n) is 22.0. The van der Waals surface area contributed by atoms with Crippen LogP contribution in [0.15, 0.2) is 67.2 Å². The number of nitriles is 1. The second-order valence-electron chi connectivity index (χ2n) is 7.84. The molecule has 9 nitrogen and oxygen atoms in total. The Hall–Kier alpha value is -4.71. The maximum Gasteiger partial charge on any atom is 0.341 e. The average Bonchev–Trinajstić information content (AvgIpc) is 2.93. The minimum absolute atomic E-state index is 0.182. The van der Waals surface area contributed by atoms with E-state index in [0.29, 0.717) is 47.1 Å². The Balaban J connectivity index is 0.000000550. The van der Waals surface area contributed by atoms with Gasteiger partial charge >= 0.3 is 11.9 Å². The first-order chi connectivity index (χ1) is 18.4. The van der Waals surface area contributed by atoms with E-state index in [1.807, 2.05) is 24.3 Å². The molecule has 9 heteroatoms. The van der Waals surface area contributed by atoms with Crippen LogP contribution < -0.4 is 4.74 Å². The van der Waals surface area contributed by atoms with Gasteiger partial charge < -0.3 is 18.9 Å². The molecule has 0 spiro atoms. The Morgan fingerprint density at radius 1 is 1.05 bits per heavy atom. The highest BCUT2D eigenvalue weighted by molar-refractivity contribution is 6.16. The van der Waals surface area contributed by atoms with Crippen LogP contribution in [0.5, 0.6) is 11.6 Å². The molecule has 1 aromatic heterocycles. The van der Waals surface area contributed by atoms with Crippen LogP contribution in [-0.4, -0.2) is 42.7 Å². The van der Waals surface area contributed by atoms with E-state index < -0.39 is 5.97 Å². The lowest BCUT2D eigenvalue weighted by atomic mass is 9.97. The van der Waals surface area contributed by atoms with Gasteiger partial charge in [-0.2, -0.15) is 5.26 Å². The fraction of sp³-hybridized carbons (Fsp3) is 0.276. The summed E-state index contributed by atoms with van der Waals surface area (Å²) in [6.07, 6.45) is 5.23. The molecule has 3 aromatic rings. The molecule has 0 fully saturated rings. The van der Waals surface area contributed by atoms with Crippen molar-refractivity contribution in [1.29, 1.82) is 5.26 Å². The number of carbonyl (C=O) groups excluding carboxylic acids is 2. The highest BCUT2D eigenvalue weighted by atomic mass is 16.5. The van der Waals surface area contributed by atoms with E-state index in [-0.39, 0.29) is 5.97 Å². The number of ether oxygens (including phenoxy) is 4. The van der Waals surface area contributed by atoms with Crippen LogP contribution in [0.2, 0.25) is 0 Å². The van der Waals surface area contributed by atoms with Gasteiger partial charge in [-0.05, 0) is 29.7 Å². The number of aromatic nitrogens is 2. The van der Waals surface area contributed by atoms with Crippen molar-refractivity contribution in [2.24, 2.45) is 0 Å². The van der Waals surface area contributed by atoms with Crippen LogP contribution in [0.4, 0.5) is 0 Å². The van der Waals surface area contributed by atoms with Crippen molar-refractivity contribution in [2.75, 3.05) is 20.8 Å². The number of carbonyl (C=O) groups is 2. The normalized spacial score (nSPS) is 10.3. The van der Waals surface area contributed by atoms with Gasteiger partial charge in [0.2, 0.25) is 5.88 Å². The first kappa shape index (κ1) is 29.5. The van der Waals surface area contributed by atoms with E-state index in [4.69, 9.17) is 14.2 Å². The molecule has 38 heavy (non-hydrogen) atoms. The van der Waals surface area contributed by atoms with Crippen LogP contribution in [0.25, 0.3) is 5.57 Å². The first-order valence-corrected chi connectivity index (χ1v) is 11.9. The second-order valence-corrected chi connectivity index (χ2v) is 7.84. The highest BCUT2D eigenvalue weighted by Gasteiger charge is 2.17. The minimum Gasteiger partial charge on any atom is -0.503 e. The standard InChI is InChI=1S/C23H19N3O4.C6H12O2/c1-28-14-20(23(27)29-2)19-9-5-3-7-16(19)11-18-12-22(26-15-25-18)30-21-10-6-4-8-17(21)13-24;1-3-4-5-8-6(2)7/h3-10,12,14-15H,11H2,1-2H3;3-5H2,1-2H3. The summed E-state index contributed by atoms with van der Waals surface area (Å²) in [6.45, 7) is 4.06. The molecule has 0 aliphatic carbocycles. The van der Waals surface area contributed by atoms with Crippen molar-refractivity contribution in [3.05, 3.63) is 89.6 Å². The monoisotopic (exact) mass is 517 g/mol. The fourth-order valence-electron chi connectivity index (χ4n) is 3.23. The van der Waals surface area contributed by atoms with E-state index in [0.717, 1.165) is 18.4 Å². The summed E-state index contributed by atoms with van der Waals surface area (Å²) in [4.78, 5) is 30.7. The molecular formula is C29H31N3O6. The number of rotatable bonds is 10. The summed E-state index contributed by atoms with van der Waals surface area (Å²) >= 11 is 0. The van der Waals surface area contributed by atoms with Crippen LogP contribution in [0.1, 0.15) is 49.1 Å². The van der Waals surface area contributed by atoms with Crippen molar-refractivity contribution in [1.82, 2.24) is 9.97 Å². The molecule has 198 valence electrons. The maximum absolute atomic E-state index is 12.2. The molecule has 0 saturated carbocycles. The number of unbranched alkanes of at least 4 members (excludes halogenated alkanes) is 1. The molecule has 0 amide bonds. The van der Waals surface area contributed by atoms with E-state index in [9.17, 15) is 14.9 Å². The number of benzene rings is 2. The number of hydrogen-bond acceptors (Lipinski definition) is 9. The Morgan fingerprint density at radius 3 is 2.47 bits per heavy atom. The minimum atomic E-state index is -0.496. The van der Waals surface area contributed by atoms with Crippen molar-refractivity contribution < 1.29 is 28.5 Å². The van der Waals surface area contributed by atoms with Gasteiger partial charge in [0, 0.05) is 19.4 Å². The maximum atomic E-state index is 12.2. The van der Waals surface area contributed by atoms with E-state index in [1.165, 1.54) is 33.7 Å². The van der Waals surface area contributed by atoms with Gasteiger partial charge in [-0.3, -0.25) is 4.79 Å². The van der Waals surface area contributed by atoms with Gasteiger partial charge in [0.1, 0.15) is 23.7 Å². The van der Waals surface area contributed by atoms with Crippen molar-refractivity contribution in [3.8, 4) is 17.7 Å². The lowest BCUT2D eigenvalue weighted by Gasteiger charge is -2.12. The smallest absolute Gasteiger partial charge is 0.341 e. The zero-order chi connectivity index (χ0) is 27.8. The van der Waals surface area contributed by atoms with Crippen molar-refractivity contribution in [3.63, 3.8) is 0 Å². The first-order valence-electron chi connectivity index (χ1n) is 11.9. The molecule has 2 aromatic carbocycles. The molecule has 0 atom stereocenters. The van der Waals surface area contributed by atoms with Gasteiger partial charge in [0.25, 0.3) is 0 Å². The van der Waals surface area contributed by atoms with E-state index >= 15 is 0 Å². The molecule has 0 aliphatic rings. The third kappa shape index (κ3) is 9.39. The van der Waals surface area contributed by atoms with Gasteiger partial charge in [0.15, 0.2) is 0 Å². The molecule has 0 bridgehead atoms. The third-order valence-corrected chi connectivity index (χ3v) is 5.04. The quantitative estimate of drug-likeness (QED) is 0.154. The molecular weight excluding hydrogens is 486 g/mol. The predicted molar refractivity (Wildman–Crippen MR) is 141 cm³/mol. The van der Waals surface area contributed by atoms with Gasteiger partial charge in [-0.1, -0.05) is 49.7 Å². The second kappa shape index (κ2) is 16.1. The number of esters is 2. The lowest BCUT2D eigenvalue weighted by molar-refractivity contribution is -0.141. The molecule has 0 saturated heterocycles. The summed E-state index contributed by atoms with van der Waals surface area (Å²) in [5.74, 6) is 0.0597. The van der Waals surface area contributed by atoms with Crippen molar-refractivity contribution >= 4 is 17.5 Å². The van der Waals surface area contributed by atoms with E-state index in [2.05, 4.69) is 27.7 Å². The van der Waals surface area contributed by atoms with E-state index in [1.54, 1.807) is 30.3 Å². The number of para-hydroxylation sites is 1. The molecule has 0 aliphatic heterocycles. The fourth-order valence-corrected chi connectivity index (χ4v) is 3.23. The number of hydrogen-bond donors (Lipinski definition) is 0. The summed E-state index contributed by atoms with van der Waals surface area (Å²) < 4.78 is 20.3. The molecule has 3 rings (SSSR count). The topological polar surface area (TPSA) is 121 Å². The highest BCUT2D eigenvalue weighted by Crippen LogP contribution is 2.26. The van der Waals surface area contributed by atoms with Gasteiger partial charge in [0.05, 0.1) is 38.3 Å². The SMILES string of the molecule is CCCCOC(C)=O.COC=C(C(=O)OC)c1ccccc1Cc1cc(Oc2ccccc2C#N)ncn1. The molecule has 0 unspecified atom stereocenters. The van der Waals surface area contributed by atoms with Crippen LogP contribution in [0.3, 0.4) is 0 Å². The van der Waals surface area contributed by atoms with Crippen LogP contribution in [0, 0.1) is 11.3 Å². The van der Waals surface area contributed by atoms with Crippen LogP contribution in [-0.2, 0) is 30.2 Å². The van der Waals surface area contributed by atoms with Gasteiger partial charge in [-0.15, -0.1) is 0 Å². The summed E-state index contributed by atoms with van der Waals surface area (Å²) in [5, 5.41) is 9.22. The Labute approximate surface area is 222 Å². The number of nitrogens with zero attached hydrogens (tertiary/aromatic N) is 3. The largest absolute Gasteiger partial charge is 0.503 e. The van der Waals surface area contributed by atoms with Crippen LogP contribution >= 0.6 is 0 Å². The predicted octanol–water partition coefficient (Wildman–Crippen LogP) is 5.24. The zero-order valence-corrected chi connectivity index (χ0v) is 22.0.